The minimum Gasteiger partial charge on any atom is -0.489 e. The van der Waals surface area contributed by atoms with E-state index in [2.05, 4.69) is 36.5 Å². The lowest BCUT2D eigenvalue weighted by atomic mass is 10.1. The van der Waals surface area contributed by atoms with E-state index in [1.807, 2.05) is 30.3 Å². The summed E-state index contributed by atoms with van der Waals surface area (Å²) in [6.07, 6.45) is 0.129. The van der Waals surface area contributed by atoms with Gasteiger partial charge in [-0.25, -0.2) is 0 Å². The lowest BCUT2D eigenvalue weighted by molar-refractivity contribution is 0.184. The molecule has 0 aliphatic carbocycles. The Morgan fingerprint density at radius 1 is 0.952 bits per heavy atom. The first-order chi connectivity index (χ1) is 10.3. The third-order valence-electron chi connectivity index (χ3n) is 3.21. The van der Waals surface area contributed by atoms with Crippen molar-refractivity contribution in [1.82, 2.24) is 5.32 Å². The molecule has 0 aliphatic rings. The zero-order valence-electron chi connectivity index (χ0n) is 12.7. The van der Waals surface area contributed by atoms with Gasteiger partial charge in [-0.1, -0.05) is 42.5 Å². The quantitative estimate of drug-likeness (QED) is 0.754. The summed E-state index contributed by atoms with van der Waals surface area (Å²) in [5.41, 5.74) is 2.42. The fourth-order valence-corrected chi connectivity index (χ4v) is 2.11. The van der Waals surface area contributed by atoms with Crippen LogP contribution in [0.25, 0.3) is 11.1 Å². The highest BCUT2D eigenvalue weighted by atomic mass is 16.5. The Balaban J connectivity index is 1.85. The molecular formula is C18H23NO2. The summed E-state index contributed by atoms with van der Waals surface area (Å²) in [7, 11) is 1.70. The summed E-state index contributed by atoms with van der Waals surface area (Å²) in [4.78, 5) is 0. The fourth-order valence-electron chi connectivity index (χ4n) is 2.11. The zero-order valence-corrected chi connectivity index (χ0v) is 12.7. The normalized spacial score (nSPS) is 12.1. The second kappa shape index (κ2) is 8.45. The third kappa shape index (κ3) is 5.21. The van der Waals surface area contributed by atoms with E-state index in [1.54, 1.807) is 7.11 Å². The smallest absolute Gasteiger partial charge is 0.119 e. The Hall–Kier alpha value is -1.84. The molecule has 3 heteroatoms. The molecule has 1 atom stereocenters. The standard InChI is InChI=1S/C18H23NO2/c1-15(14-19-12-13-20-2)21-18-10-8-17(9-11-18)16-6-4-3-5-7-16/h3-11,15,19H,12-14H2,1-2H3. The average molecular weight is 285 g/mol. The van der Waals surface area contributed by atoms with Crippen LogP contribution >= 0.6 is 0 Å². The van der Waals surface area contributed by atoms with E-state index in [0.29, 0.717) is 0 Å². The van der Waals surface area contributed by atoms with Crippen molar-refractivity contribution >= 4 is 0 Å². The highest BCUT2D eigenvalue weighted by molar-refractivity contribution is 5.63. The van der Waals surface area contributed by atoms with Crippen LogP contribution in [0, 0.1) is 0 Å². The van der Waals surface area contributed by atoms with E-state index < -0.39 is 0 Å². The number of benzene rings is 2. The topological polar surface area (TPSA) is 30.5 Å². The van der Waals surface area contributed by atoms with Gasteiger partial charge >= 0.3 is 0 Å². The SMILES string of the molecule is COCCNCC(C)Oc1ccc(-c2ccccc2)cc1. The minimum absolute atomic E-state index is 0.129. The number of hydrogen-bond donors (Lipinski definition) is 1. The van der Waals surface area contributed by atoms with Crippen molar-refractivity contribution in [2.24, 2.45) is 0 Å². The third-order valence-corrected chi connectivity index (χ3v) is 3.21. The largest absolute Gasteiger partial charge is 0.489 e. The minimum atomic E-state index is 0.129. The van der Waals surface area contributed by atoms with E-state index in [0.717, 1.165) is 25.4 Å². The molecule has 2 aromatic carbocycles. The molecule has 0 heterocycles. The summed E-state index contributed by atoms with van der Waals surface area (Å²) in [6.45, 7) is 4.43. The summed E-state index contributed by atoms with van der Waals surface area (Å²) < 4.78 is 10.9. The molecule has 0 aliphatic heterocycles. The molecule has 0 saturated carbocycles. The first kappa shape index (κ1) is 15.5. The van der Waals surface area contributed by atoms with Crippen LogP contribution in [0.5, 0.6) is 5.75 Å². The van der Waals surface area contributed by atoms with Crippen LogP contribution in [0.4, 0.5) is 0 Å². The van der Waals surface area contributed by atoms with Crippen LogP contribution < -0.4 is 10.1 Å². The van der Waals surface area contributed by atoms with Gasteiger partial charge in [0.1, 0.15) is 11.9 Å². The number of hydrogen-bond acceptors (Lipinski definition) is 3. The monoisotopic (exact) mass is 285 g/mol. The molecule has 21 heavy (non-hydrogen) atoms. The van der Waals surface area contributed by atoms with Crippen LogP contribution in [0.15, 0.2) is 54.6 Å². The Morgan fingerprint density at radius 3 is 2.29 bits per heavy atom. The van der Waals surface area contributed by atoms with Gasteiger partial charge in [-0.3, -0.25) is 0 Å². The Labute approximate surface area is 126 Å². The van der Waals surface area contributed by atoms with Crippen LogP contribution in [0.2, 0.25) is 0 Å². The highest BCUT2D eigenvalue weighted by Crippen LogP contribution is 2.22. The lowest BCUT2D eigenvalue weighted by Gasteiger charge is -2.15. The molecule has 0 spiro atoms. The molecular weight excluding hydrogens is 262 g/mol. The maximum atomic E-state index is 5.88. The van der Waals surface area contributed by atoms with Gasteiger partial charge in [0.25, 0.3) is 0 Å². The average Bonchev–Trinajstić information content (AvgIpc) is 2.53. The van der Waals surface area contributed by atoms with Gasteiger partial charge in [-0.15, -0.1) is 0 Å². The van der Waals surface area contributed by atoms with Crippen molar-refractivity contribution < 1.29 is 9.47 Å². The highest BCUT2D eigenvalue weighted by Gasteiger charge is 2.04. The first-order valence-corrected chi connectivity index (χ1v) is 7.31. The second-order valence-corrected chi connectivity index (χ2v) is 5.02. The van der Waals surface area contributed by atoms with Crippen molar-refractivity contribution in [3.63, 3.8) is 0 Å². The molecule has 112 valence electrons. The number of ether oxygens (including phenoxy) is 2. The van der Waals surface area contributed by atoms with E-state index in [-0.39, 0.29) is 6.10 Å². The molecule has 0 fully saturated rings. The molecule has 0 aromatic heterocycles. The van der Waals surface area contributed by atoms with Crippen molar-refractivity contribution in [1.29, 1.82) is 0 Å². The van der Waals surface area contributed by atoms with E-state index in [4.69, 9.17) is 9.47 Å². The maximum Gasteiger partial charge on any atom is 0.119 e. The van der Waals surface area contributed by atoms with Crippen molar-refractivity contribution in [2.45, 2.75) is 13.0 Å². The van der Waals surface area contributed by atoms with Gasteiger partial charge in [0.05, 0.1) is 6.61 Å². The van der Waals surface area contributed by atoms with E-state index in [1.165, 1.54) is 11.1 Å². The van der Waals surface area contributed by atoms with Crippen LogP contribution in [-0.4, -0.2) is 32.9 Å². The first-order valence-electron chi connectivity index (χ1n) is 7.31. The van der Waals surface area contributed by atoms with E-state index in [9.17, 15) is 0 Å². The van der Waals surface area contributed by atoms with Gasteiger partial charge in [0.2, 0.25) is 0 Å². The predicted molar refractivity (Wildman–Crippen MR) is 86.7 cm³/mol. The van der Waals surface area contributed by atoms with Gasteiger partial charge < -0.3 is 14.8 Å². The Kier molecular flexibility index (Phi) is 6.25. The maximum absolute atomic E-state index is 5.88. The summed E-state index contributed by atoms with van der Waals surface area (Å²) in [6, 6.07) is 18.6. The molecule has 2 rings (SSSR count). The fraction of sp³-hybridized carbons (Fsp3) is 0.333. The Bertz CT molecular complexity index is 511. The molecule has 0 bridgehead atoms. The summed E-state index contributed by atoms with van der Waals surface area (Å²) in [5.74, 6) is 0.899. The van der Waals surface area contributed by atoms with Gasteiger partial charge in [-0.05, 0) is 30.2 Å². The van der Waals surface area contributed by atoms with Crippen molar-refractivity contribution in [2.75, 3.05) is 26.8 Å². The number of nitrogens with one attached hydrogen (secondary N) is 1. The van der Waals surface area contributed by atoms with Gasteiger partial charge in [0, 0.05) is 20.2 Å². The van der Waals surface area contributed by atoms with Crippen molar-refractivity contribution in [3.8, 4) is 16.9 Å². The zero-order chi connectivity index (χ0) is 14.9. The van der Waals surface area contributed by atoms with Crippen LogP contribution in [-0.2, 0) is 4.74 Å². The molecule has 0 saturated heterocycles. The second-order valence-electron chi connectivity index (χ2n) is 5.02. The van der Waals surface area contributed by atoms with E-state index >= 15 is 0 Å². The molecule has 1 N–H and O–H groups in total. The summed E-state index contributed by atoms with van der Waals surface area (Å²) in [5, 5.41) is 3.29. The Morgan fingerprint density at radius 2 is 1.62 bits per heavy atom. The molecule has 2 aromatic rings. The van der Waals surface area contributed by atoms with Crippen LogP contribution in [0.1, 0.15) is 6.92 Å². The van der Waals surface area contributed by atoms with Crippen LogP contribution in [0.3, 0.4) is 0 Å². The lowest BCUT2D eigenvalue weighted by Crippen LogP contribution is -2.31. The predicted octanol–water partition coefficient (Wildman–Crippen LogP) is 3.36. The molecule has 0 radical (unpaired) electrons. The number of methoxy groups -OCH3 is 1. The molecule has 3 nitrogen and oxygen atoms in total. The van der Waals surface area contributed by atoms with Gasteiger partial charge in [0.15, 0.2) is 0 Å². The summed E-state index contributed by atoms with van der Waals surface area (Å²) >= 11 is 0. The molecule has 1 unspecified atom stereocenters. The molecule has 0 amide bonds. The number of rotatable bonds is 8. The van der Waals surface area contributed by atoms with Gasteiger partial charge in [-0.2, -0.15) is 0 Å². The van der Waals surface area contributed by atoms with Crippen molar-refractivity contribution in [3.05, 3.63) is 54.6 Å².